The summed E-state index contributed by atoms with van der Waals surface area (Å²) < 4.78 is 31.1. The number of hydrogen-bond acceptors (Lipinski definition) is 2. The third-order valence-corrected chi connectivity index (χ3v) is 2.31. The number of nitrogens with one attached hydrogen (secondary N) is 1. The lowest BCUT2D eigenvalue weighted by molar-refractivity contribution is 0.496. The molecule has 1 aromatic heterocycles. The zero-order valence-electron chi connectivity index (χ0n) is 8.76. The SMILES string of the molecule is CNCc1occc1-c1ccc(F)c(F)c1. The number of benzene rings is 1. The topological polar surface area (TPSA) is 25.2 Å². The molecule has 2 rings (SSSR count). The molecule has 0 unspecified atom stereocenters. The largest absolute Gasteiger partial charge is 0.467 e. The molecule has 0 amide bonds. The lowest BCUT2D eigenvalue weighted by Crippen LogP contribution is -2.04. The highest BCUT2D eigenvalue weighted by Crippen LogP contribution is 2.26. The first kappa shape index (κ1) is 10.8. The van der Waals surface area contributed by atoms with Crippen LogP contribution in [0.4, 0.5) is 8.78 Å². The van der Waals surface area contributed by atoms with Crippen molar-refractivity contribution in [1.29, 1.82) is 0 Å². The van der Waals surface area contributed by atoms with Crippen LogP contribution in [0.25, 0.3) is 11.1 Å². The molecule has 2 nitrogen and oxygen atoms in total. The van der Waals surface area contributed by atoms with Crippen molar-refractivity contribution in [3.63, 3.8) is 0 Å². The van der Waals surface area contributed by atoms with Gasteiger partial charge in [-0.15, -0.1) is 0 Å². The predicted molar refractivity (Wildman–Crippen MR) is 56.8 cm³/mol. The Hall–Kier alpha value is -1.68. The molecule has 0 atom stereocenters. The van der Waals surface area contributed by atoms with Gasteiger partial charge in [0.1, 0.15) is 5.76 Å². The first-order valence-corrected chi connectivity index (χ1v) is 4.88. The summed E-state index contributed by atoms with van der Waals surface area (Å²) in [6.07, 6.45) is 1.53. The van der Waals surface area contributed by atoms with E-state index in [1.54, 1.807) is 13.1 Å². The summed E-state index contributed by atoms with van der Waals surface area (Å²) in [4.78, 5) is 0. The van der Waals surface area contributed by atoms with Crippen molar-refractivity contribution >= 4 is 0 Å². The Labute approximate surface area is 91.9 Å². The second-order valence-corrected chi connectivity index (χ2v) is 3.42. The van der Waals surface area contributed by atoms with Gasteiger partial charge in [0.25, 0.3) is 0 Å². The van der Waals surface area contributed by atoms with Crippen molar-refractivity contribution < 1.29 is 13.2 Å². The minimum absolute atomic E-state index is 0.543. The summed E-state index contributed by atoms with van der Waals surface area (Å²) in [7, 11) is 1.79. The molecule has 0 bridgehead atoms. The summed E-state index contributed by atoms with van der Waals surface area (Å²) in [6.45, 7) is 0.543. The van der Waals surface area contributed by atoms with Gasteiger partial charge in [-0.25, -0.2) is 8.78 Å². The average Bonchev–Trinajstić information content (AvgIpc) is 2.71. The maximum absolute atomic E-state index is 13.1. The molecule has 0 saturated heterocycles. The van der Waals surface area contributed by atoms with Gasteiger partial charge in [-0.3, -0.25) is 0 Å². The Morgan fingerprint density at radius 1 is 1.19 bits per heavy atom. The normalized spacial score (nSPS) is 10.7. The highest BCUT2D eigenvalue weighted by Gasteiger charge is 2.10. The van der Waals surface area contributed by atoms with E-state index in [4.69, 9.17) is 4.42 Å². The number of furan rings is 1. The van der Waals surface area contributed by atoms with Crippen molar-refractivity contribution in [2.24, 2.45) is 0 Å². The molecule has 0 spiro atoms. The van der Waals surface area contributed by atoms with Gasteiger partial charge in [0.2, 0.25) is 0 Å². The summed E-state index contributed by atoms with van der Waals surface area (Å²) >= 11 is 0. The van der Waals surface area contributed by atoms with E-state index in [9.17, 15) is 8.78 Å². The van der Waals surface area contributed by atoms with E-state index < -0.39 is 11.6 Å². The van der Waals surface area contributed by atoms with Crippen molar-refractivity contribution in [2.45, 2.75) is 6.54 Å². The maximum Gasteiger partial charge on any atom is 0.159 e. The van der Waals surface area contributed by atoms with E-state index in [0.29, 0.717) is 17.9 Å². The first-order valence-electron chi connectivity index (χ1n) is 4.88. The molecule has 0 saturated carbocycles. The molecule has 0 aliphatic rings. The quantitative estimate of drug-likeness (QED) is 0.865. The molecule has 0 aliphatic heterocycles. The van der Waals surface area contributed by atoms with Gasteiger partial charge in [-0.1, -0.05) is 6.07 Å². The van der Waals surface area contributed by atoms with Crippen LogP contribution in [0.3, 0.4) is 0 Å². The molecule has 1 aromatic carbocycles. The zero-order valence-corrected chi connectivity index (χ0v) is 8.76. The number of halogens is 2. The minimum Gasteiger partial charge on any atom is -0.467 e. The summed E-state index contributed by atoms with van der Waals surface area (Å²) in [5.74, 6) is -0.995. The Morgan fingerprint density at radius 3 is 2.69 bits per heavy atom. The van der Waals surface area contributed by atoms with Crippen molar-refractivity contribution in [3.8, 4) is 11.1 Å². The van der Waals surface area contributed by atoms with Crippen molar-refractivity contribution in [1.82, 2.24) is 5.32 Å². The summed E-state index contributed by atoms with van der Waals surface area (Å²) in [5.41, 5.74) is 1.38. The molecule has 0 fully saturated rings. The fourth-order valence-corrected chi connectivity index (χ4v) is 1.56. The van der Waals surface area contributed by atoms with E-state index in [1.165, 1.54) is 18.4 Å². The van der Waals surface area contributed by atoms with Crippen LogP contribution in [0, 0.1) is 11.6 Å². The third-order valence-electron chi connectivity index (χ3n) is 2.31. The van der Waals surface area contributed by atoms with Crippen molar-refractivity contribution in [3.05, 3.63) is 47.9 Å². The van der Waals surface area contributed by atoms with Crippen LogP contribution in [0.15, 0.2) is 34.9 Å². The molecule has 1 N–H and O–H groups in total. The Balaban J connectivity index is 2.42. The maximum atomic E-state index is 13.1. The molecule has 84 valence electrons. The van der Waals surface area contributed by atoms with Crippen LogP contribution < -0.4 is 5.32 Å². The van der Waals surface area contributed by atoms with Crippen LogP contribution in [-0.4, -0.2) is 7.05 Å². The monoisotopic (exact) mass is 223 g/mol. The lowest BCUT2D eigenvalue weighted by Gasteiger charge is -2.02. The molecule has 2 aromatic rings. The highest BCUT2D eigenvalue weighted by atomic mass is 19.2. The molecule has 16 heavy (non-hydrogen) atoms. The molecular weight excluding hydrogens is 212 g/mol. The van der Waals surface area contributed by atoms with E-state index >= 15 is 0 Å². The smallest absolute Gasteiger partial charge is 0.159 e. The molecule has 4 heteroatoms. The Kier molecular flexibility index (Phi) is 3.01. The number of hydrogen-bond donors (Lipinski definition) is 1. The van der Waals surface area contributed by atoms with Gasteiger partial charge in [0, 0.05) is 5.56 Å². The van der Waals surface area contributed by atoms with E-state index in [1.807, 2.05) is 0 Å². The minimum atomic E-state index is -0.853. The Bertz CT molecular complexity index is 494. The van der Waals surface area contributed by atoms with Crippen LogP contribution in [0.2, 0.25) is 0 Å². The molecule has 0 radical (unpaired) electrons. The van der Waals surface area contributed by atoms with Crippen LogP contribution in [-0.2, 0) is 6.54 Å². The van der Waals surface area contributed by atoms with Crippen molar-refractivity contribution in [2.75, 3.05) is 7.05 Å². The second-order valence-electron chi connectivity index (χ2n) is 3.42. The number of rotatable bonds is 3. The predicted octanol–water partition coefficient (Wildman–Crippen LogP) is 2.94. The third kappa shape index (κ3) is 1.97. The fraction of sp³-hybridized carbons (Fsp3) is 0.167. The van der Waals surface area contributed by atoms with Gasteiger partial charge in [-0.2, -0.15) is 0 Å². The van der Waals surface area contributed by atoms with E-state index in [2.05, 4.69) is 5.32 Å². The summed E-state index contributed by atoms with van der Waals surface area (Å²) in [5, 5.41) is 2.94. The van der Waals surface area contributed by atoms with Gasteiger partial charge >= 0.3 is 0 Å². The molecular formula is C12H11F2NO. The fourth-order valence-electron chi connectivity index (χ4n) is 1.56. The van der Waals surface area contributed by atoms with Crippen LogP contribution in [0.1, 0.15) is 5.76 Å². The van der Waals surface area contributed by atoms with Crippen LogP contribution >= 0.6 is 0 Å². The lowest BCUT2D eigenvalue weighted by atomic mass is 10.1. The van der Waals surface area contributed by atoms with Gasteiger partial charge in [0.05, 0.1) is 12.8 Å². The van der Waals surface area contributed by atoms with Gasteiger partial charge in [0.15, 0.2) is 11.6 Å². The highest BCUT2D eigenvalue weighted by molar-refractivity contribution is 5.65. The van der Waals surface area contributed by atoms with Crippen LogP contribution in [0.5, 0.6) is 0 Å². The van der Waals surface area contributed by atoms with Gasteiger partial charge in [-0.05, 0) is 30.8 Å². The zero-order chi connectivity index (χ0) is 11.5. The first-order chi connectivity index (χ1) is 7.72. The Morgan fingerprint density at radius 2 is 2.00 bits per heavy atom. The second kappa shape index (κ2) is 4.45. The standard InChI is InChI=1S/C12H11F2NO/c1-15-7-12-9(4-5-16-12)8-2-3-10(13)11(14)6-8/h2-6,15H,7H2,1H3. The average molecular weight is 223 g/mol. The van der Waals surface area contributed by atoms with E-state index in [-0.39, 0.29) is 0 Å². The summed E-state index contributed by atoms with van der Waals surface area (Å²) in [6, 6.07) is 5.54. The molecule has 0 aliphatic carbocycles. The van der Waals surface area contributed by atoms with Gasteiger partial charge < -0.3 is 9.73 Å². The van der Waals surface area contributed by atoms with E-state index in [0.717, 1.165) is 11.6 Å². The molecule has 1 heterocycles.